The van der Waals surface area contributed by atoms with Crippen LogP contribution in [-0.4, -0.2) is 38.0 Å². The molecule has 0 saturated carbocycles. The van der Waals surface area contributed by atoms with Crippen LogP contribution in [0.3, 0.4) is 0 Å². The van der Waals surface area contributed by atoms with Crippen LogP contribution >= 0.6 is 15.9 Å². The lowest BCUT2D eigenvalue weighted by Crippen LogP contribution is -2.22. The molecule has 0 aliphatic rings. The minimum atomic E-state index is -1.59. The zero-order valence-electron chi connectivity index (χ0n) is 16.8. The van der Waals surface area contributed by atoms with Crippen molar-refractivity contribution in [3.63, 3.8) is 0 Å². The fraction of sp³-hybridized carbons (Fsp3) is 0.200. The standard InChI is InChI=1S/C20H21BrN4O5S/c1-25-12-7-11(21)18(26)10(8-24-20(22)23)16(12)17(19(27)28)13(25)9-31(29)15-6-4-3-5-14(15)30-2/h3-7,26H,8-9H2,1-2H3,(H,27,28)(H4,22,23,24). The molecule has 0 bridgehead atoms. The number of carboxylic acids is 1. The molecule has 1 aromatic heterocycles. The number of aryl methyl sites for hydroxylation is 1. The van der Waals surface area contributed by atoms with Crippen LogP contribution < -0.4 is 16.2 Å². The van der Waals surface area contributed by atoms with Gasteiger partial charge in [-0.05, 0) is 34.1 Å². The normalized spacial score (nSPS) is 12.0. The van der Waals surface area contributed by atoms with Crippen molar-refractivity contribution in [2.24, 2.45) is 23.5 Å². The first-order valence-corrected chi connectivity index (χ1v) is 11.1. The fourth-order valence-electron chi connectivity index (χ4n) is 3.41. The number of nitrogens with two attached hydrogens (primary N) is 2. The van der Waals surface area contributed by atoms with E-state index < -0.39 is 16.8 Å². The first-order chi connectivity index (χ1) is 14.7. The Morgan fingerprint density at radius 3 is 2.61 bits per heavy atom. The number of carbonyl (C=O) groups is 1. The summed E-state index contributed by atoms with van der Waals surface area (Å²) in [7, 11) is 1.57. The quantitative estimate of drug-likeness (QED) is 0.282. The maximum atomic E-state index is 13.1. The van der Waals surface area contributed by atoms with Crippen molar-refractivity contribution in [3.8, 4) is 11.5 Å². The SMILES string of the molecule is COc1ccccc1S(=O)Cc1c(C(=O)O)c2c(CN=C(N)N)c(O)c(Br)cc2n1C. The fourth-order valence-corrected chi connectivity index (χ4v) is 5.22. The van der Waals surface area contributed by atoms with Crippen molar-refractivity contribution in [2.75, 3.05) is 7.11 Å². The number of hydrogen-bond acceptors (Lipinski definition) is 5. The van der Waals surface area contributed by atoms with E-state index >= 15 is 0 Å². The van der Waals surface area contributed by atoms with Gasteiger partial charge in [-0.25, -0.2) is 9.79 Å². The van der Waals surface area contributed by atoms with Gasteiger partial charge in [0.25, 0.3) is 0 Å². The van der Waals surface area contributed by atoms with Crippen LogP contribution in [0.25, 0.3) is 10.9 Å². The lowest BCUT2D eigenvalue weighted by molar-refractivity contribution is 0.0698. The van der Waals surface area contributed by atoms with Crippen molar-refractivity contribution < 1.29 is 24.0 Å². The van der Waals surface area contributed by atoms with Crippen LogP contribution in [-0.2, 0) is 30.1 Å². The molecule has 164 valence electrons. The maximum Gasteiger partial charge on any atom is 0.338 e. The number of guanidine groups is 1. The highest BCUT2D eigenvalue weighted by molar-refractivity contribution is 9.10. The van der Waals surface area contributed by atoms with Gasteiger partial charge < -0.3 is 31.0 Å². The van der Waals surface area contributed by atoms with Crippen LogP contribution in [0.5, 0.6) is 11.5 Å². The Balaban J connectivity index is 2.25. The highest BCUT2D eigenvalue weighted by atomic mass is 79.9. The van der Waals surface area contributed by atoms with E-state index in [4.69, 9.17) is 16.2 Å². The summed E-state index contributed by atoms with van der Waals surface area (Å²) in [6.45, 7) is -0.122. The molecule has 11 heteroatoms. The van der Waals surface area contributed by atoms with Gasteiger partial charge in [0, 0.05) is 23.7 Å². The Bertz CT molecular complexity index is 1230. The number of para-hydroxylation sites is 1. The number of methoxy groups -OCH3 is 1. The van der Waals surface area contributed by atoms with Crippen LogP contribution in [0.15, 0.2) is 44.7 Å². The lowest BCUT2D eigenvalue weighted by Gasteiger charge is -2.09. The second-order valence-corrected chi connectivity index (χ2v) is 8.92. The Morgan fingerprint density at radius 2 is 2.00 bits per heavy atom. The number of aromatic nitrogens is 1. The number of aromatic carboxylic acids is 1. The molecule has 0 spiro atoms. The van der Waals surface area contributed by atoms with Crippen LogP contribution in [0.1, 0.15) is 21.6 Å². The third kappa shape index (κ3) is 4.23. The van der Waals surface area contributed by atoms with Crippen molar-refractivity contribution in [3.05, 3.63) is 51.6 Å². The van der Waals surface area contributed by atoms with Gasteiger partial charge in [0.05, 0.1) is 50.7 Å². The van der Waals surface area contributed by atoms with Crippen LogP contribution in [0.4, 0.5) is 0 Å². The molecule has 0 fully saturated rings. The number of aliphatic imine (C=N–C) groups is 1. The molecule has 1 unspecified atom stereocenters. The van der Waals surface area contributed by atoms with Gasteiger partial charge in [-0.1, -0.05) is 12.1 Å². The number of fused-ring (bicyclic) bond motifs is 1. The van der Waals surface area contributed by atoms with E-state index in [0.29, 0.717) is 26.3 Å². The largest absolute Gasteiger partial charge is 0.506 e. The van der Waals surface area contributed by atoms with Gasteiger partial charge in [-0.15, -0.1) is 0 Å². The van der Waals surface area contributed by atoms with Gasteiger partial charge in [0.15, 0.2) is 5.96 Å². The van der Waals surface area contributed by atoms with Crippen molar-refractivity contribution in [2.45, 2.75) is 17.2 Å². The summed E-state index contributed by atoms with van der Waals surface area (Å²) < 4.78 is 20.4. The van der Waals surface area contributed by atoms with Crippen molar-refractivity contribution in [1.82, 2.24) is 4.57 Å². The Morgan fingerprint density at radius 1 is 1.32 bits per heavy atom. The highest BCUT2D eigenvalue weighted by Gasteiger charge is 2.27. The average Bonchev–Trinajstić information content (AvgIpc) is 2.99. The molecular weight excluding hydrogens is 488 g/mol. The molecule has 0 aliphatic carbocycles. The molecule has 1 atom stereocenters. The minimum Gasteiger partial charge on any atom is -0.506 e. The number of phenols is 1. The first kappa shape index (κ1) is 22.6. The van der Waals surface area contributed by atoms with E-state index in [-0.39, 0.29) is 40.5 Å². The van der Waals surface area contributed by atoms with Gasteiger partial charge in [-0.3, -0.25) is 4.21 Å². The molecule has 2 aromatic carbocycles. The summed E-state index contributed by atoms with van der Waals surface area (Å²) in [5.41, 5.74) is 11.9. The molecule has 0 saturated heterocycles. The Labute approximate surface area is 188 Å². The van der Waals surface area contributed by atoms with Crippen LogP contribution in [0.2, 0.25) is 0 Å². The van der Waals surface area contributed by atoms with Gasteiger partial charge >= 0.3 is 5.97 Å². The van der Waals surface area contributed by atoms with E-state index in [1.54, 1.807) is 41.9 Å². The predicted molar refractivity (Wildman–Crippen MR) is 122 cm³/mol. The number of nitrogens with zero attached hydrogens (tertiary/aromatic N) is 2. The monoisotopic (exact) mass is 508 g/mol. The molecule has 0 aliphatic heterocycles. The Hall–Kier alpha value is -3.05. The number of phenolic OH excluding ortho intramolecular Hbond substituents is 1. The number of hydrogen-bond donors (Lipinski definition) is 4. The molecule has 31 heavy (non-hydrogen) atoms. The van der Waals surface area contributed by atoms with E-state index in [1.807, 2.05) is 0 Å². The molecule has 6 N–H and O–H groups in total. The zero-order valence-corrected chi connectivity index (χ0v) is 19.2. The van der Waals surface area contributed by atoms with E-state index in [9.17, 15) is 19.2 Å². The molecule has 1 heterocycles. The third-order valence-electron chi connectivity index (χ3n) is 4.85. The maximum absolute atomic E-state index is 13.1. The number of aromatic hydroxyl groups is 1. The molecule has 3 aromatic rings. The number of carboxylic acid groups (broad SMARTS) is 1. The lowest BCUT2D eigenvalue weighted by atomic mass is 10.0. The predicted octanol–water partition coefficient (Wildman–Crippen LogP) is 2.43. The zero-order chi connectivity index (χ0) is 22.9. The topological polar surface area (TPSA) is 153 Å². The second kappa shape index (κ2) is 8.98. The summed E-state index contributed by atoms with van der Waals surface area (Å²) in [6, 6.07) is 8.46. The second-order valence-electron chi connectivity index (χ2n) is 6.65. The highest BCUT2D eigenvalue weighted by Crippen LogP contribution is 2.40. The summed E-state index contributed by atoms with van der Waals surface area (Å²) in [5.74, 6) is -1.20. The summed E-state index contributed by atoms with van der Waals surface area (Å²) in [4.78, 5) is 16.6. The van der Waals surface area contributed by atoms with E-state index in [2.05, 4.69) is 20.9 Å². The number of ether oxygens (including phenoxy) is 1. The third-order valence-corrected chi connectivity index (χ3v) is 6.82. The summed E-state index contributed by atoms with van der Waals surface area (Å²) in [6.07, 6.45) is 0. The van der Waals surface area contributed by atoms with Gasteiger partial charge in [0.2, 0.25) is 0 Å². The molecular formula is C20H21BrN4O5S. The number of rotatable bonds is 7. The van der Waals surface area contributed by atoms with E-state index in [1.165, 1.54) is 7.11 Å². The van der Waals surface area contributed by atoms with E-state index in [0.717, 1.165) is 0 Å². The number of benzene rings is 2. The molecule has 3 rings (SSSR count). The van der Waals surface area contributed by atoms with Gasteiger partial charge in [0.1, 0.15) is 11.5 Å². The van der Waals surface area contributed by atoms with Crippen molar-refractivity contribution >= 4 is 49.6 Å². The van der Waals surface area contributed by atoms with Crippen LogP contribution in [0, 0.1) is 0 Å². The summed E-state index contributed by atoms with van der Waals surface area (Å²) in [5, 5.41) is 20.9. The average molecular weight is 509 g/mol. The smallest absolute Gasteiger partial charge is 0.338 e. The molecule has 0 amide bonds. The van der Waals surface area contributed by atoms with Crippen molar-refractivity contribution in [1.29, 1.82) is 0 Å². The summed E-state index contributed by atoms with van der Waals surface area (Å²) >= 11 is 3.29. The first-order valence-electron chi connectivity index (χ1n) is 8.99. The molecule has 0 radical (unpaired) electrons. The Kier molecular flexibility index (Phi) is 6.56. The number of halogens is 1. The minimum absolute atomic E-state index is 0.0654. The van der Waals surface area contributed by atoms with Gasteiger partial charge in [-0.2, -0.15) is 0 Å². The molecule has 9 nitrogen and oxygen atoms in total.